The molecular weight excluding hydrogens is 377 g/mol. The van der Waals surface area contributed by atoms with Gasteiger partial charge in [-0.15, -0.1) is 0 Å². The predicted octanol–water partition coefficient (Wildman–Crippen LogP) is 2.61. The Morgan fingerprint density at radius 3 is 2.61 bits per heavy atom. The van der Waals surface area contributed by atoms with E-state index in [0.717, 1.165) is 0 Å². The van der Waals surface area contributed by atoms with E-state index < -0.39 is 18.6 Å². The number of rotatable bonds is 5. The van der Waals surface area contributed by atoms with E-state index in [1.165, 1.54) is 22.0 Å². The molecule has 150 valence electrons. The van der Waals surface area contributed by atoms with Crippen molar-refractivity contribution in [3.8, 4) is 0 Å². The van der Waals surface area contributed by atoms with Crippen molar-refractivity contribution in [1.29, 1.82) is 0 Å². The van der Waals surface area contributed by atoms with Gasteiger partial charge in [-0.05, 0) is 19.1 Å². The molecule has 0 aromatic carbocycles. The highest BCUT2D eigenvalue weighted by Gasteiger charge is 2.33. The standard InChI is InChI=1S/C18H19F3N4O3/c1-2-28-17(27)15-13-11-24(16(26)12-3-7-22-8-4-12)9-5-14(13)25(23-15)10-6-18(19,20)21/h3-4,7-8H,2,5-6,9-11H2,1H3. The molecule has 1 amide bonds. The van der Waals surface area contributed by atoms with Crippen LogP contribution in [-0.4, -0.2) is 50.9 Å². The quantitative estimate of drug-likeness (QED) is 0.726. The van der Waals surface area contributed by atoms with Crippen LogP contribution in [0.4, 0.5) is 13.2 Å². The Morgan fingerprint density at radius 1 is 1.25 bits per heavy atom. The Hall–Kier alpha value is -2.91. The molecule has 0 bridgehead atoms. The molecule has 0 atom stereocenters. The Morgan fingerprint density at radius 2 is 1.96 bits per heavy atom. The number of alkyl halides is 3. The van der Waals surface area contributed by atoms with Crippen LogP contribution >= 0.6 is 0 Å². The minimum Gasteiger partial charge on any atom is -0.461 e. The van der Waals surface area contributed by atoms with Crippen molar-refractivity contribution in [2.75, 3.05) is 13.2 Å². The maximum Gasteiger partial charge on any atom is 0.390 e. The number of amides is 1. The molecule has 0 unspecified atom stereocenters. The van der Waals surface area contributed by atoms with Gasteiger partial charge in [0, 0.05) is 48.7 Å². The van der Waals surface area contributed by atoms with Crippen molar-refractivity contribution in [3.05, 3.63) is 47.0 Å². The van der Waals surface area contributed by atoms with Crippen molar-refractivity contribution in [2.24, 2.45) is 0 Å². The van der Waals surface area contributed by atoms with Crippen LogP contribution in [0.2, 0.25) is 0 Å². The zero-order chi connectivity index (χ0) is 20.3. The van der Waals surface area contributed by atoms with Gasteiger partial charge in [-0.1, -0.05) is 0 Å². The molecule has 1 aliphatic rings. The summed E-state index contributed by atoms with van der Waals surface area (Å²) >= 11 is 0. The molecule has 28 heavy (non-hydrogen) atoms. The van der Waals surface area contributed by atoms with Gasteiger partial charge in [0.2, 0.25) is 0 Å². The molecule has 0 saturated heterocycles. The molecule has 0 saturated carbocycles. The van der Waals surface area contributed by atoms with Gasteiger partial charge in [0.05, 0.1) is 19.6 Å². The molecular formula is C18H19F3N4O3. The van der Waals surface area contributed by atoms with Crippen molar-refractivity contribution < 1.29 is 27.5 Å². The number of ether oxygens (including phenoxy) is 1. The molecule has 0 spiro atoms. The molecule has 2 aromatic heterocycles. The van der Waals surface area contributed by atoms with E-state index in [4.69, 9.17) is 4.74 Å². The van der Waals surface area contributed by atoms with Crippen LogP contribution in [0, 0.1) is 0 Å². The lowest BCUT2D eigenvalue weighted by molar-refractivity contribution is -0.137. The summed E-state index contributed by atoms with van der Waals surface area (Å²) in [6.45, 7) is 1.75. The molecule has 7 nitrogen and oxygen atoms in total. The van der Waals surface area contributed by atoms with Gasteiger partial charge in [-0.25, -0.2) is 4.79 Å². The first-order valence-corrected chi connectivity index (χ1v) is 8.82. The Bertz CT molecular complexity index is 865. The van der Waals surface area contributed by atoms with Crippen LogP contribution in [0.15, 0.2) is 24.5 Å². The second-order valence-corrected chi connectivity index (χ2v) is 6.30. The van der Waals surface area contributed by atoms with E-state index in [-0.39, 0.29) is 31.3 Å². The number of nitrogens with zero attached hydrogens (tertiary/aromatic N) is 4. The van der Waals surface area contributed by atoms with E-state index in [9.17, 15) is 22.8 Å². The maximum atomic E-state index is 12.7. The van der Waals surface area contributed by atoms with Crippen molar-refractivity contribution in [2.45, 2.75) is 39.0 Å². The third-order valence-corrected chi connectivity index (χ3v) is 4.42. The Labute approximate surface area is 159 Å². The second kappa shape index (κ2) is 7.99. The number of esters is 1. The second-order valence-electron chi connectivity index (χ2n) is 6.30. The maximum absolute atomic E-state index is 12.7. The van der Waals surface area contributed by atoms with Gasteiger partial charge in [-0.2, -0.15) is 18.3 Å². The highest BCUT2D eigenvalue weighted by Crippen LogP contribution is 2.27. The molecule has 3 rings (SSSR count). The first-order valence-electron chi connectivity index (χ1n) is 8.82. The first kappa shape index (κ1) is 19.8. The third kappa shape index (κ3) is 4.32. The molecule has 1 aliphatic heterocycles. The topological polar surface area (TPSA) is 77.3 Å². The monoisotopic (exact) mass is 396 g/mol. The molecule has 0 fully saturated rings. The van der Waals surface area contributed by atoms with E-state index in [1.54, 1.807) is 19.1 Å². The van der Waals surface area contributed by atoms with Crippen molar-refractivity contribution in [1.82, 2.24) is 19.7 Å². The van der Waals surface area contributed by atoms with Crippen LogP contribution in [0.25, 0.3) is 0 Å². The predicted molar refractivity (Wildman–Crippen MR) is 91.5 cm³/mol. The molecule has 3 heterocycles. The number of hydrogen-bond donors (Lipinski definition) is 0. The zero-order valence-electron chi connectivity index (χ0n) is 15.2. The summed E-state index contributed by atoms with van der Waals surface area (Å²) < 4.78 is 44.1. The van der Waals surface area contributed by atoms with Crippen LogP contribution in [0.1, 0.15) is 45.4 Å². The molecule has 10 heteroatoms. The molecule has 0 N–H and O–H groups in total. The summed E-state index contributed by atoms with van der Waals surface area (Å²) in [5.74, 6) is -0.950. The number of pyridine rings is 1. The zero-order valence-corrected chi connectivity index (χ0v) is 15.2. The Balaban J connectivity index is 1.89. The number of fused-ring (bicyclic) bond motifs is 1. The largest absolute Gasteiger partial charge is 0.461 e. The SMILES string of the molecule is CCOC(=O)c1nn(CCC(F)(F)F)c2c1CN(C(=O)c1ccncc1)CC2. The molecule has 0 radical (unpaired) electrons. The van der Waals surface area contributed by atoms with Gasteiger partial charge >= 0.3 is 12.1 Å². The fraction of sp³-hybridized carbons (Fsp3) is 0.444. The van der Waals surface area contributed by atoms with E-state index in [0.29, 0.717) is 29.8 Å². The van der Waals surface area contributed by atoms with Gasteiger partial charge in [0.15, 0.2) is 5.69 Å². The summed E-state index contributed by atoms with van der Waals surface area (Å²) in [5, 5.41) is 4.07. The summed E-state index contributed by atoms with van der Waals surface area (Å²) in [4.78, 5) is 30.3. The Kier molecular flexibility index (Phi) is 5.66. The van der Waals surface area contributed by atoms with Crippen LogP contribution in [-0.2, 0) is 24.2 Å². The van der Waals surface area contributed by atoms with E-state index >= 15 is 0 Å². The highest BCUT2D eigenvalue weighted by molar-refractivity contribution is 5.95. The minimum atomic E-state index is -4.33. The van der Waals surface area contributed by atoms with Gasteiger partial charge in [0.25, 0.3) is 5.91 Å². The number of carbonyl (C=O) groups is 2. The normalized spacial score (nSPS) is 13.9. The number of halogens is 3. The molecule has 0 aliphatic carbocycles. The summed E-state index contributed by atoms with van der Waals surface area (Å²) in [6.07, 6.45) is -2.08. The smallest absolute Gasteiger partial charge is 0.390 e. The fourth-order valence-electron chi connectivity index (χ4n) is 3.12. The summed E-state index contributed by atoms with van der Waals surface area (Å²) in [5.41, 5.74) is 1.38. The van der Waals surface area contributed by atoms with Gasteiger partial charge in [-0.3, -0.25) is 14.5 Å². The average Bonchev–Trinajstić information content (AvgIpc) is 3.04. The van der Waals surface area contributed by atoms with Gasteiger partial charge < -0.3 is 9.64 Å². The first-order chi connectivity index (χ1) is 13.3. The number of aryl methyl sites for hydroxylation is 1. The minimum absolute atomic E-state index is 0.0359. The van der Waals surface area contributed by atoms with Crippen molar-refractivity contribution in [3.63, 3.8) is 0 Å². The average molecular weight is 396 g/mol. The number of carbonyl (C=O) groups excluding carboxylic acids is 2. The lowest BCUT2D eigenvalue weighted by Crippen LogP contribution is -2.37. The van der Waals surface area contributed by atoms with Crippen LogP contribution < -0.4 is 0 Å². The molecule has 2 aromatic rings. The summed E-state index contributed by atoms with van der Waals surface area (Å²) in [6, 6.07) is 3.16. The van der Waals surface area contributed by atoms with Crippen molar-refractivity contribution >= 4 is 11.9 Å². The summed E-state index contributed by atoms with van der Waals surface area (Å²) in [7, 11) is 0. The van der Waals surface area contributed by atoms with Crippen LogP contribution in [0.5, 0.6) is 0 Å². The number of hydrogen-bond acceptors (Lipinski definition) is 5. The lowest BCUT2D eigenvalue weighted by atomic mass is 10.0. The fourth-order valence-corrected chi connectivity index (χ4v) is 3.12. The highest BCUT2D eigenvalue weighted by atomic mass is 19.4. The van der Waals surface area contributed by atoms with E-state index in [2.05, 4.69) is 10.1 Å². The van der Waals surface area contributed by atoms with Crippen LogP contribution in [0.3, 0.4) is 0 Å². The number of aromatic nitrogens is 3. The third-order valence-electron chi connectivity index (χ3n) is 4.42. The lowest BCUT2D eigenvalue weighted by Gasteiger charge is -2.28. The van der Waals surface area contributed by atoms with E-state index in [1.807, 2.05) is 0 Å². The van der Waals surface area contributed by atoms with Gasteiger partial charge in [0.1, 0.15) is 0 Å².